The van der Waals surface area contributed by atoms with Crippen LogP contribution in [-0.4, -0.2) is 11.8 Å². The van der Waals surface area contributed by atoms with Crippen molar-refractivity contribution in [3.05, 3.63) is 99.7 Å². The smallest absolute Gasteiger partial charge is 0.282 e. The van der Waals surface area contributed by atoms with Gasteiger partial charge in [0.25, 0.3) is 11.8 Å². The predicted molar refractivity (Wildman–Crippen MR) is 117 cm³/mol. The number of amides is 2. The number of carbonyl (C=O) groups is 2. The predicted octanol–water partition coefficient (Wildman–Crippen LogP) is 5.70. The molecule has 144 valence electrons. The first-order chi connectivity index (χ1) is 14.0. The van der Waals surface area contributed by atoms with Crippen LogP contribution >= 0.6 is 23.2 Å². The lowest BCUT2D eigenvalue weighted by Gasteiger charge is -2.15. The number of para-hydroxylation sites is 1. The van der Waals surface area contributed by atoms with Gasteiger partial charge in [0.05, 0.1) is 11.3 Å². The van der Waals surface area contributed by atoms with Gasteiger partial charge in [-0.1, -0.05) is 59.6 Å². The Morgan fingerprint density at radius 2 is 1.45 bits per heavy atom. The number of halogens is 2. The fourth-order valence-corrected chi connectivity index (χ4v) is 3.50. The van der Waals surface area contributed by atoms with Gasteiger partial charge in [-0.25, -0.2) is 4.90 Å². The van der Waals surface area contributed by atoms with E-state index < -0.39 is 11.8 Å². The minimum Gasteiger partial charge on any atom is -0.350 e. The average molecular weight is 423 g/mol. The van der Waals surface area contributed by atoms with E-state index in [2.05, 4.69) is 5.32 Å². The number of anilines is 2. The Morgan fingerprint density at radius 3 is 2.14 bits per heavy atom. The van der Waals surface area contributed by atoms with Crippen LogP contribution in [0.25, 0.3) is 5.57 Å². The average Bonchev–Trinajstić information content (AvgIpc) is 2.96. The van der Waals surface area contributed by atoms with Gasteiger partial charge in [-0.15, -0.1) is 0 Å². The zero-order valence-corrected chi connectivity index (χ0v) is 17.0. The minimum atomic E-state index is -0.425. The summed E-state index contributed by atoms with van der Waals surface area (Å²) in [5, 5.41) is 4.22. The molecule has 3 aromatic rings. The third kappa shape index (κ3) is 3.65. The van der Waals surface area contributed by atoms with Crippen molar-refractivity contribution in [2.45, 2.75) is 6.92 Å². The summed E-state index contributed by atoms with van der Waals surface area (Å²) in [5.74, 6) is -0.823. The van der Waals surface area contributed by atoms with E-state index in [-0.39, 0.29) is 11.3 Å². The summed E-state index contributed by atoms with van der Waals surface area (Å²) >= 11 is 12.1. The summed E-state index contributed by atoms with van der Waals surface area (Å²) in [7, 11) is 0. The SMILES string of the molecule is Cc1ccc(Cl)cc1NC1=C(c2ccc(Cl)cc2)C(=O)N(c2ccccc2)C1=O. The minimum absolute atomic E-state index is 0.201. The molecule has 3 aromatic carbocycles. The maximum absolute atomic E-state index is 13.3. The molecule has 29 heavy (non-hydrogen) atoms. The first kappa shape index (κ1) is 19.2. The van der Waals surface area contributed by atoms with Gasteiger partial charge >= 0.3 is 0 Å². The fraction of sp³-hybridized carbons (Fsp3) is 0.0435. The topological polar surface area (TPSA) is 49.4 Å². The van der Waals surface area contributed by atoms with E-state index in [0.717, 1.165) is 5.56 Å². The van der Waals surface area contributed by atoms with Gasteiger partial charge in [0.1, 0.15) is 5.70 Å². The Balaban J connectivity index is 1.85. The second-order valence-corrected chi connectivity index (χ2v) is 7.50. The summed E-state index contributed by atoms with van der Waals surface area (Å²) < 4.78 is 0. The Bertz CT molecular complexity index is 1140. The van der Waals surface area contributed by atoms with Crippen molar-refractivity contribution in [3.8, 4) is 0 Å². The first-order valence-corrected chi connectivity index (χ1v) is 9.68. The molecule has 0 aromatic heterocycles. The molecule has 0 atom stereocenters. The number of imide groups is 1. The summed E-state index contributed by atoms with van der Waals surface area (Å²) in [6, 6.07) is 21.0. The van der Waals surface area contributed by atoms with Crippen molar-refractivity contribution in [1.29, 1.82) is 0 Å². The molecule has 0 bridgehead atoms. The number of hydrogen-bond acceptors (Lipinski definition) is 3. The highest BCUT2D eigenvalue weighted by atomic mass is 35.5. The highest BCUT2D eigenvalue weighted by molar-refractivity contribution is 6.46. The Labute approximate surface area is 178 Å². The normalized spacial score (nSPS) is 14.0. The van der Waals surface area contributed by atoms with Crippen LogP contribution in [0.2, 0.25) is 10.0 Å². The van der Waals surface area contributed by atoms with Crippen LogP contribution in [0.15, 0.2) is 78.5 Å². The van der Waals surface area contributed by atoms with Crippen LogP contribution < -0.4 is 10.2 Å². The van der Waals surface area contributed by atoms with Crippen LogP contribution in [0, 0.1) is 6.92 Å². The lowest BCUT2D eigenvalue weighted by atomic mass is 10.0. The van der Waals surface area contributed by atoms with Crippen molar-refractivity contribution < 1.29 is 9.59 Å². The molecular formula is C23H16Cl2N2O2. The van der Waals surface area contributed by atoms with Crippen molar-refractivity contribution >= 4 is 52.0 Å². The Hall–Kier alpha value is -3.08. The Morgan fingerprint density at radius 1 is 0.793 bits per heavy atom. The molecule has 0 unspecified atom stereocenters. The third-order valence-electron chi connectivity index (χ3n) is 4.69. The maximum atomic E-state index is 13.3. The molecule has 0 radical (unpaired) electrons. The van der Waals surface area contributed by atoms with Crippen LogP contribution in [-0.2, 0) is 9.59 Å². The van der Waals surface area contributed by atoms with E-state index in [9.17, 15) is 9.59 Å². The monoisotopic (exact) mass is 422 g/mol. The molecule has 1 aliphatic heterocycles. The lowest BCUT2D eigenvalue weighted by Crippen LogP contribution is -2.32. The second kappa shape index (κ2) is 7.74. The number of nitrogens with zero attached hydrogens (tertiary/aromatic N) is 1. The van der Waals surface area contributed by atoms with Crippen LogP contribution in [0.5, 0.6) is 0 Å². The number of rotatable bonds is 4. The van der Waals surface area contributed by atoms with Crippen LogP contribution in [0.1, 0.15) is 11.1 Å². The van der Waals surface area contributed by atoms with E-state index in [0.29, 0.717) is 27.0 Å². The molecule has 2 amide bonds. The standard InChI is InChI=1S/C23H16Cl2N2O2/c1-14-7-10-17(25)13-19(14)26-21-20(15-8-11-16(24)12-9-15)22(28)27(23(21)29)18-5-3-2-4-6-18/h2-13,26H,1H3. The molecule has 4 rings (SSSR count). The molecule has 0 aliphatic carbocycles. The van der Waals surface area contributed by atoms with E-state index in [1.807, 2.05) is 19.1 Å². The van der Waals surface area contributed by atoms with Gasteiger partial charge in [0.15, 0.2) is 0 Å². The van der Waals surface area contributed by atoms with Gasteiger partial charge in [-0.3, -0.25) is 9.59 Å². The highest BCUT2D eigenvalue weighted by Crippen LogP contribution is 2.35. The van der Waals surface area contributed by atoms with Gasteiger partial charge in [-0.2, -0.15) is 0 Å². The van der Waals surface area contributed by atoms with Crippen molar-refractivity contribution in [3.63, 3.8) is 0 Å². The number of nitrogens with one attached hydrogen (secondary N) is 1. The van der Waals surface area contributed by atoms with E-state index in [1.165, 1.54) is 4.90 Å². The molecule has 1 aliphatic rings. The van der Waals surface area contributed by atoms with Crippen molar-refractivity contribution in [1.82, 2.24) is 0 Å². The first-order valence-electron chi connectivity index (χ1n) is 8.93. The summed E-state index contributed by atoms with van der Waals surface area (Å²) in [5.41, 5.74) is 3.16. The third-order valence-corrected chi connectivity index (χ3v) is 5.18. The van der Waals surface area contributed by atoms with Gasteiger partial charge < -0.3 is 5.32 Å². The van der Waals surface area contributed by atoms with E-state index in [1.54, 1.807) is 60.7 Å². The molecular weight excluding hydrogens is 407 g/mol. The van der Waals surface area contributed by atoms with Crippen molar-refractivity contribution in [2.24, 2.45) is 0 Å². The van der Waals surface area contributed by atoms with Gasteiger partial charge in [0, 0.05) is 15.7 Å². The van der Waals surface area contributed by atoms with Gasteiger partial charge in [0.2, 0.25) is 0 Å². The highest BCUT2D eigenvalue weighted by Gasteiger charge is 2.40. The van der Waals surface area contributed by atoms with Crippen molar-refractivity contribution in [2.75, 3.05) is 10.2 Å². The van der Waals surface area contributed by atoms with E-state index >= 15 is 0 Å². The molecule has 6 heteroatoms. The molecule has 0 spiro atoms. The summed E-state index contributed by atoms with van der Waals surface area (Å²) in [6.07, 6.45) is 0. The lowest BCUT2D eigenvalue weighted by molar-refractivity contribution is -0.120. The summed E-state index contributed by atoms with van der Waals surface area (Å²) in [4.78, 5) is 27.8. The summed E-state index contributed by atoms with van der Waals surface area (Å²) in [6.45, 7) is 1.90. The molecule has 0 saturated heterocycles. The zero-order chi connectivity index (χ0) is 20.5. The second-order valence-electron chi connectivity index (χ2n) is 6.62. The molecule has 1 N–H and O–H groups in total. The zero-order valence-electron chi connectivity index (χ0n) is 15.4. The number of hydrogen-bond donors (Lipinski definition) is 1. The van der Waals surface area contributed by atoms with Crippen LogP contribution in [0.3, 0.4) is 0 Å². The number of carbonyl (C=O) groups excluding carboxylic acids is 2. The molecule has 4 nitrogen and oxygen atoms in total. The van der Waals surface area contributed by atoms with Crippen LogP contribution in [0.4, 0.5) is 11.4 Å². The number of benzene rings is 3. The quantitative estimate of drug-likeness (QED) is 0.548. The molecule has 1 heterocycles. The largest absolute Gasteiger partial charge is 0.350 e. The van der Waals surface area contributed by atoms with Gasteiger partial charge in [-0.05, 0) is 54.4 Å². The van der Waals surface area contributed by atoms with E-state index in [4.69, 9.17) is 23.2 Å². The molecule has 0 fully saturated rings. The number of aryl methyl sites for hydroxylation is 1. The Kier molecular flexibility index (Phi) is 5.14. The maximum Gasteiger partial charge on any atom is 0.282 e. The molecule has 0 saturated carbocycles. The fourth-order valence-electron chi connectivity index (χ4n) is 3.21.